The van der Waals surface area contributed by atoms with Crippen molar-refractivity contribution in [3.05, 3.63) is 35.9 Å². The van der Waals surface area contributed by atoms with Crippen molar-refractivity contribution in [1.29, 1.82) is 0 Å². The number of piperidine rings is 1. The largest absolute Gasteiger partial charge is 0.381 e. The van der Waals surface area contributed by atoms with Crippen molar-refractivity contribution in [3.8, 4) is 0 Å². The minimum atomic E-state index is -0.120. The molecule has 2 fully saturated rings. The molecule has 0 saturated carbocycles. The lowest BCUT2D eigenvalue weighted by Crippen LogP contribution is -2.51. The molecule has 2 heterocycles. The highest BCUT2D eigenvalue weighted by Crippen LogP contribution is 2.36. The van der Waals surface area contributed by atoms with Gasteiger partial charge < -0.3 is 4.74 Å². The Hall–Kier alpha value is -1.19. The summed E-state index contributed by atoms with van der Waals surface area (Å²) in [7, 11) is 0. The van der Waals surface area contributed by atoms with E-state index in [1.165, 1.54) is 5.56 Å². The summed E-state index contributed by atoms with van der Waals surface area (Å²) in [5, 5.41) is 0. The van der Waals surface area contributed by atoms with Crippen molar-refractivity contribution in [2.45, 2.75) is 25.8 Å². The van der Waals surface area contributed by atoms with Gasteiger partial charge in [0.1, 0.15) is 5.78 Å². The first-order valence-corrected chi connectivity index (χ1v) is 7.16. The van der Waals surface area contributed by atoms with Crippen molar-refractivity contribution in [2.75, 3.05) is 26.3 Å². The van der Waals surface area contributed by atoms with Crippen LogP contribution in [0.1, 0.15) is 24.8 Å². The topological polar surface area (TPSA) is 29.5 Å². The second kappa shape index (κ2) is 5.43. The standard InChI is InChI=1S/C16H21NO2/c18-15-6-9-17(12-14-4-2-1-3-5-14)13-16(15)7-10-19-11-8-16/h1-5H,6-13H2. The van der Waals surface area contributed by atoms with Crippen LogP contribution in [-0.2, 0) is 16.1 Å². The second-order valence-corrected chi connectivity index (χ2v) is 5.76. The van der Waals surface area contributed by atoms with E-state index in [9.17, 15) is 4.79 Å². The lowest BCUT2D eigenvalue weighted by Gasteiger charge is -2.43. The molecule has 102 valence electrons. The van der Waals surface area contributed by atoms with Gasteiger partial charge in [-0.1, -0.05) is 30.3 Å². The molecule has 2 aliphatic heterocycles. The number of hydrogen-bond donors (Lipinski definition) is 0. The van der Waals surface area contributed by atoms with E-state index in [0.29, 0.717) is 12.2 Å². The Morgan fingerprint density at radius 2 is 1.89 bits per heavy atom. The predicted molar refractivity (Wildman–Crippen MR) is 73.8 cm³/mol. The average molecular weight is 259 g/mol. The first kappa shape index (κ1) is 12.8. The highest BCUT2D eigenvalue weighted by molar-refractivity contribution is 5.86. The minimum Gasteiger partial charge on any atom is -0.381 e. The van der Waals surface area contributed by atoms with E-state index < -0.39 is 0 Å². The fraction of sp³-hybridized carbons (Fsp3) is 0.562. The molecule has 19 heavy (non-hydrogen) atoms. The third-order valence-corrected chi connectivity index (χ3v) is 4.47. The van der Waals surface area contributed by atoms with Gasteiger partial charge in [0, 0.05) is 44.7 Å². The van der Waals surface area contributed by atoms with E-state index in [0.717, 1.165) is 45.7 Å². The van der Waals surface area contributed by atoms with Gasteiger partial charge in [0.2, 0.25) is 0 Å². The van der Waals surface area contributed by atoms with Gasteiger partial charge in [-0.15, -0.1) is 0 Å². The van der Waals surface area contributed by atoms with Crippen LogP contribution in [0.15, 0.2) is 30.3 Å². The molecule has 1 aromatic carbocycles. The third-order valence-electron chi connectivity index (χ3n) is 4.47. The summed E-state index contributed by atoms with van der Waals surface area (Å²) in [6.07, 6.45) is 2.50. The number of benzene rings is 1. The van der Waals surface area contributed by atoms with Crippen LogP contribution in [0.25, 0.3) is 0 Å². The van der Waals surface area contributed by atoms with Crippen LogP contribution in [0, 0.1) is 5.41 Å². The van der Waals surface area contributed by atoms with E-state index >= 15 is 0 Å². The molecule has 0 atom stereocenters. The molecule has 2 aliphatic rings. The highest BCUT2D eigenvalue weighted by Gasteiger charge is 2.43. The van der Waals surface area contributed by atoms with Crippen LogP contribution in [0.3, 0.4) is 0 Å². The van der Waals surface area contributed by atoms with Crippen molar-refractivity contribution in [1.82, 2.24) is 4.90 Å². The Labute approximate surface area is 114 Å². The summed E-state index contributed by atoms with van der Waals surface area (Å²) in [6.45, 7) is 4.24. The summed E-state index contributed by atoms with van der Waals surface area (Å²) in [4.78, 5) is 14.7. The number of hydrogen-bond acceptors (Lipinski definition) is 3. The molecular weight excluding hydrogens is 238 g/mol. The van der Waals surface area contributed by atoms with Gasteiger partial charge in [-0.05, 0) is 18.4 Å². The fourth-order valence-electron chi connectivity index (χ4n) is 3.30. The molecule has 3 heteroatoms. The van der Waals surface area contributed by atoms with Gasteiger partial charge in [-0.25, -0.2) is 0 Å². The maximum absolute atomic E-state index is 12.3. The molecule has 0 aliphatic carbocycles. The van der Waals surface area contributed by atoms with Crippen molar-refractivity contribution in [3.63, 3.8) is 0 Å². The van der Waals surface area contributed by atoms with Crippen LogP contribution in [0.2, 0.25) is 0 Å². The zero-order chi connectivity index (χ0) is 13.1. The van der Waals surface area contributed by atoms with Crippen LogP contribution < -0.4 is 0 Å². The predicted octanol–water partition coefficient (Wildman–Crippen LogP) is 2.26. The highest BCUT2D eigenvalue weighted by atomic mass is 16.5. The smallest absolute Gasteiger partial charge is 0.141 e. The number of nitrogens with zero attached hydrogens (tertiary/aromatic N) is 1. The number of carbonyl (C=O) groups excluding carboxylic acids is 1. The van der Waals surface area contributed by atoms with E-state index in [1.54, 1.807) is 0 Å². The summed E-state index contributed by atoms with van der Waals surface area (Å²) in [6, 6.07) is 10.5. The zero-order valence-corrected chi connectivity index (χ0v) is 11.3. The van der Waals surface area contributed by atoms with Gasteiger partial charge in [-0.2, -0.15) is 0 Å². The Bertz CT molecular complexity index is 437. The summed E-state index contributed by atoms with van der Waals surface area (Å²) >= 11 is 0. The molecular formula is C16H21NO2. The number of carbonyl (C=O) groups is 1. The molecule has 1 aromatic rings. The fourth-order valence-corrected chi connectivity index (χ4v) is 3.30. The van der Waals surface area contributed by atoms with Gasteiger partial charge >= 0.3 is 0 Å². The van der Waals surface area contributed by atoms with E-state index in [4.69, 9.17) is 4.74 Å². The number of likely N-dealkylation sites (tertiary alicyclic amines) is 1. The molecule has 0 amide bonds. The first-order chi connectivity index (χ1) is 9.28. The zero-order valence-electron chi connectivity index (χ0n) is 11.3. The van der Waals surface area contributed by atoms with Crippen LogP contribution >= 0.6 is 0 Å². The molecule has 0 bridgehead atoms. The van der Waals surface area contributed by atoms with Crippen molar-refractivity contribution < 1.29 is 9.53 Å². The maximum atomic E-state index is 12.3. The van der Waals surface area contributed by atoms with Gasteiger partial charge in [0.15, 0.2) is 0 Å². The Kier molecular flexibility index (Phi) is 3.67. The van der Waals surface area contributed by atoms with Gasteiger partial charge in [-0.3, -0.25) is 9.69 Å². The molecule has 3 nitrogen and oxygen atoms in total. The number of ether oxygens (including phenoxy) is 1. The van der Waals surface area contributed by atoms with Crippen molar-refractivity contribution in [2.24, 2.45) is 5.41 Å². The lowest BCUT2D eigenvalue weighted by molar-refractivity contribution is -0.141. The van der Waals surface area contributed by atoms with E-state index in [-0.39, 0.29) is 5.41 Å². The third kappa shape index (κ3) is 2.72. The molecule has 0 aromatic heterocycles. The Morgan fingerprint density at radius 3 is 2.63 bits per heavy atom. The van der Waals surface area contributed by atoms with E-state index in [1.807, 2.05) is 6.07 Å². The lowest BCUT2D eigenvalue weighted by atomic mass is 9.73. The SMILES string of the molecule is O=C1CCN(Cc2ccccc2)CC12CCOCC2. The Morgan fingerprint density at radius 1 is 1.16 bits per heavy atom. The number of ketones is 1. The van der Waals surface area contributed by atoms with Crippen LogP contribution in [0.4, 0.5) is 0 Å². The van der Waals surface area contributed by atoms with Crippen LogP contribution in [0.5, 0.6) is 0 Å². The summed E-state index contributed by atoms with van der Waals surface area (Å²) < 4.78 is 5.43. The molecule has 0 unspecified atom stereocenters. The minimum absolute atomic E-state index is 0.120. The number of rotatable bonds is 2. The molecule has 2 saturated heterocycles. The number of Topliss-reactive ketones (excluding diaryl/α,β-unsaturated/α-hetero) is 1. The normalized spacial score (nSPS) is 23.7. The summed E-state index contributed by atoms with van der Waals surface area (Å²) in [5.41, 5.74) is 1.21. The quantitative estimate of drug-likeness (QED) is 0.816. The summed E-state index contributed by atoms with van der Waals surface area (Å²) in [5.74, 6) is 0.458. The molecule has 0 radical (unpaired) electrons. The molecule has 0 N–H and O–H groups in total. The van der Waals surface area contributed by atoms with E-state index in [2.05, 4.69) is 29.2 Å². The second-order valence-electron chi connectivity index (χ2n) is 5.76. The van der Waals surface area contributed by atoms with Crippen LogP contribution in [-0.4, -0.2) is 37.0 Å². The van der Waals surface area contributed by atoms with Crippen molar-refractivity contribution >= 4 is 5.78 Å². The Balaban J connectivity index is 1.69. The average Bonchev–Trinajstić information content (AvgIpc) is 2.45. The monoisotopic (exact) mass is 259 g/mol. The first-order valence-electron chi connectivity index (χ1n) is 7.16. The molecule has 1 spiro atoms. The van der Waals surface area contributed by atoms with Gasteiger partial charge in [0.25, 0.3) is 0 Å². The van der Waals surface area contributed by atoms with Gasteiger partial charge in [0.05, 0.1) is 0 Å². The molecule has 3 rings (SSSR count). The maximum Gasteiger partial charge on any atom is 0.141 e.